The van der Waals surface area contributed by atoms with Gasteiger partial charge in [0.15, 0.2) is 0 Å². The first-order valence-corrected chi connectivity index (χ1v) is 7.95. The lowest BCUT2D eigenvalue weighted by molar-refractivity contribution is 0.582. The van der Waals surface area contributed by atoms with Crippen molar-refractivity contribution in [2.45, 2.75) is 24.0 Å². The van der Waals surface area contributed by atoms with E-state index in [0.717, 1.165) is 16.3 Å². The van der Waals surface area contributed by atoms with Crippen LogP contribution in [0.2, 0.25) is 0 Å². The molecule has 0 bridgehead atoms. The Morgan fingerprint density at radius 2 is 2.12 bits per heavy atom. The monoisotopic (exact) mass is 272 g/mol. The lowest BCUT2D eigenvalue weighted by atomic mass is 10.3. The highest BCUT2D eigenvalue weighted by molar-refractivity contribution is 8.00. The number of anilines is 2. The van der Waals surface area contributed by atoms with E-state index in [0.29, 0.717) is 12.2 Å². The molecule has 2 N–H and O–H groups in total. The van der Waals surface area contributed by atoms with Crippen LogP contribution in [-0.2, 0) is 10.0 Å². The first-order valence-electron chi connectivity index (χ1n) is 5.47. The number of nitrogens with two attached hydrogens (primary N) is 1. The summed E-state index contributed by atoms with van der Waals surface area (Å²) in [6, 6.07) is 5.43. The van der Waals surface area contributed by atoms with E-state index in [2.05, 4.69) is 0 Å². The fraction of sp³-hybridized carbons (Fsp3) is 0.455. The van der Waals surface area contributed by atoms with Crippen molar-refractivity contribution in [3.05, 3.63) is 18.2 Å². The second-order valence-electron chi connectivity index (χ2n) is 4.24. The number of thioether (sulfide) groups is 1. The van der Waals surface area contributed by atoms with E-state index in [1.54, 1.807) is 37.7 Å². The van der Waals surface area contributed by atoms with E-state index < -0.39 is 15.3 Å². The van der Waals surface area contributed by atoms with Crippen LogP contribution in [0.25, 0.3) is 0 Å². The SMILES string of the molecule is CC(C)S(=O)(=O)N1CCSc2ccc(N)cc21. The molecule has 94 valence electrons. The third-order valence-corrected chi connectivity index (χ3v) is 5.93. The van der Waals surface area contributed by atoms with Gasteiger partial charge in [0.2, 0.25) is 10.0 Å². The normalized spacial score (nSPS) is 16.1. The van der Waals surface area contributed by atoms with Gasteiger partial charge in [-0.2, -0.15) is 0 Å². The Balaban J connectivity index is 2.52. The van der Waals surface area contributed by atoms with Gasteiger partial charge in [0, 0.05) is 22.9 Å². The summed E-state index contributed by atoms with van der Waals surface area (Å²) in [5, 5.41) is -0.417. The Hall–Kier alpha value is -0.880. The van der Waals surface area contributed by atoms with Crippen molar-refractivity contribution in [1.29, 1.82) is 0 Å². The van der Waals surface area contributed by atoms with Crippen molar-refractivity contribution in [3.8, 4) is 0 Å². The molecule has 0 radical (unpaired) electrons. The zero-order valence-corrected chi connectivity index (χ0v) is 11.5. The van der Waals surface area contributed by atoms with Crippen molar-refractivity contribution >= 4 is 33.2 Å². The minimum absolute atomic E-state index is 0.417. The predicted molar refractivity (Wildman–Crippen MR) is 73.0 cm³/mol. The average Bonchev–Trinajstić information content (AvgIpc) is 2.27. The number of fused-ring (bicyclic) bond motifs is 1. The highest BCUT2D eigenvalue weighted by Gasteiger charge is 2.30. The summed E-state index contributed by atoms with van der Waals surface area (Å²) in [6.07, 6.45) is 0. The van der Waals surface area contributed by atoms with Crippen LogP contribution in [-0.4, -0.2) is 26.0 Å². The number of sulfonamides is 1. The minimum atomic E-state index is -3.27. The van der Waals surface area contributed by atoms with Crippen molar-refractivity contribution in [1.82, 2.24) is 0 Å². The number of benzene rings is 1. The fourth-order valence-corrected chi connectivity index (χ4v) is 4.16. The summed E-state index contributed by atoms with van der Waals surface area (Å²) in [4.78, 5) is 0.981. The van der Waals surface area contributed by atoms with Gasteiger partial charge in [-0.15, -0.1) is 11.8 Å². The van der Waals surface area contributed by atoms with Crippen molar-refractivity contribution in [2.75, 3.05) is 22.3 Å². The quantitative estimate of drug-likeness (QED) is 0.835. The Kier molecular flexibility index (Phi) is 3.27. The van der Waals surface area contributed by atoms with Crippen molar-refractivity contribution < 1.29 is 8.42 Å². The lowest BCUT2D eigenvalue weighted by Crippen LogP contribution is -2.39. The largest absolute Gasteiger partial charge is 0.399 e. The van der Waals surface area contributed by atoms with Gasteiger partial charge < -0.3 is 5.73 Å². The van der Waals surface area contributed by atoms with E-state index in [9.17, 15) is 8.42 Å². The van der Waals surface area contributed by atoms with Gasteiger partial charge >= 0.3 is 0 Å². The number of nitrogen functional groups attached to an aromatic ring is 1. The van der Waals surface area contributed by atoms with Crippen LogP contribution in [0.15, 0.2) is 23.1 Å². The molecule has 1 heterocycles. The van der Waals surface area contributed by atoms with Gasteiger partial charge in [0.05, 0.1) is 10.9 Å². The molecule has 17 heavy (non-hydrogen) atoms. The molecule has 0 aliphatic carbocycles. The molecule has 0 atom stereocenters. The molecule has 0 saturated carbocycles. The van der Waals surface area contributed by atoms with E-state index in [1.807, 2.05) is 6.07 Å². The molecule has 0 spiro atoms. The topological polar surface area (TPSA) is 63.4 Å². The number of nitrogens with zero attached hydrogens (tertiary/aromatic N) is 1. The van der Waals surface area contributed by atoms with Gasteiger partial charge in [-0.3, -0.25) is 4.31 Å². The van der Waals surface area contributed by atoms with Gasteiger partial charge in [0.1, 0.15) is 0 Å². The van der Waals surface area contributed by atoms with Crippen LogP contribution in [0.5, 0.6) is 0 Å². The standard InChI is InChI=1S/C11H16N2O2S2/c1-8(2)17(14,15)13-5-6-16-11-4-3-9(12)7-10(11)13/h3-4,7-8H,5-6,12H2,1-2H3. The van der Waals surface area contributed by atoms with Gasteiger partial charge in [-0.25, -0.2) is 8.42 Å². The van der Waals surface area contributed by atoms with Crippen LogP contribution in [0.4, 0.5) is 11.4 Å². The first kappa shape index (κ1) is 12.6. The lowest BCUT2D eigenvalue weighted by Gasteiger charge is -2.31. The van der Waals surface area contributed by atoms with Crippen LogP contribution in [0.1, 0.15) is 13.8 Å². The van der Waals surface area contributed by atoms with Crippen LogP contribution in [0.3, 0.4) is 0 Å². The molecule has 4 nitrogen and oxygen atoms in total. The molecule has 0 unspecified atom stereocenters. The Morgan fingerprint density at radius 1 is 1.41 bits per heavy atom. The molecule has 1 aliphatic heterocycles. The first-order chi connectivity index (χ1) is 7.93. The van der Waals surface area contributed by atoms with Crippen LogP contribution in [0, 0.1) is 0 Å². The molecule has 1 aliphatic rings. The second-order valence-corrected chi connectivity index (χ2v) is 7.79. The van der Waals surface area contributed by atoms with E-state index in [-0.39, 0.29) is 0 Å². The summed E-state index contributed by atoms with van der Waals surface area (Å²) < 4.78 is 26.0. The summed E-state index contributed by atoms with van der Waals surface area (Å²) >= 11 is 1.67. The van der Waals surface area contributed by atoms with E-state index in [1.165, 1.54) is 4.31 Å². The maximum absolute atomic E-state index is 12.2. The number of rotatable bonds is 2. The third-order valence-electron chi connectivity index (χ3n) is 2.71. The second kappa shape index (κ2) is 4.42. The molecule has 0 aromatic heterocycles. The highest BCUT2D eigenvalue weighted by Crippen LogP contribution is 2.38. The van der Waals surface area contributed by atoms with E-state index >= 15 is 0 Å². The summed E-state index contributed by atoms with van der Waals surface area (Å²) in [7, 11) is -3.27. The average molecular weight is 272 g/mol. The van der Waals surface area contributed by atoms with Gasteiger partial charge in [-0.05, 0) is 32.0 Å². The summed E-state index contributed by atoms with van der Waals surface area (Å²) in [6.45, 7) is 3.91. The van der Waals surface area contributed by atoms with E-state index in [4.69, 9.17) is 5.73 Å². The third kappa shape index (κ3) is 2.24. The highest BCUT2D eigenvalue weighted by atomic mass is 32.2. The van der Waals surface area contributed by atoms with Crippen molar-refractivity contribution in [2.24, 2.45) is 0 Å². The molecule has 0 fully saturated rings. The zero-order chi connectivity index (χ0) is 12.6. The van der Waals surface area contributed by atoms with Crippen LogP contribution >= 0.6 is 11.8 Å². The Labute approximate surface area is 106 Å². The number of hydrogen-bond acceptors (Lipinski definition) is 4. The molecular weight excluding hydrogens is 256 g/mol. The smallest absolute Gasteiger partial charge is 0.237 e. The maximum Gasteiger partial charge on any atom is 0.237 e. The van der Waals surface area contributed by atoms with Crippen molar-refractivity contribution in [3.63, 3.8) is 0 Å². The fourth-order valence-electron chi connectivity index (χ4n) is 1.73. The van der Waals surface area contributed by atoms with Gasteiger partial charge in [0.25, 0.3) is 0 Å². The molecule has 0 saturated heterocycles. The maximum atomic E-state index is 12.2. The zero-order valence-electron chi connectivity index (χ0n) is 9.88. The Morgan fingerprint density at radius 3 is 2.76 bits per heavy atom. The van der Waals surface area contributed by atoms with Crippen LogP contribution < -0.4 is 10.0 Å². The predicted octanol–water partition coefficient (Wildman–Crippen LogP) is 1.92. The molecule has 6 heteroatoms. The summed E-state index contributed by atoms with van der Waals surface area (Å²) in [5.41, 5.74) is 7.04. The summed E-state index contributed by atoms with van der Waals surface area (Å²) in [5.74, 6) is 0.781. The van der Waals surface area contributed by atoms with Gasteiger partial charge in [-0.1, -0.05) is 0 Å². The minimum Gasteiger partial charge on any atom is -0.399 e. The molecular formula is C11H16N2O2S2. The molecule has 2 rings (SSSR count). The molecule has 1 aromatic carbocycles. The Bertz CT molecular complexity index is 526. The molecule has 1 aromatic rings. The number of hydrogen-bond donors (Lipinski definition) is 1. The molecule has 0 amide bonds.